The van der Waals surface area contributed by atoms with Gasteiger partial charge in [-0.15, -0.1) is 0 Å². The van der Waals surface area contributed by atoms with Crippen LogP contribution < -0.4 is 0 Å². The van der Waals surface area contributed by atoms with E-state index in [2.05, 4.69) is 20.8 Å². The molecule has 0 aromatic rings. The molecule has 0 heteroatoms. The van der Waals surface area contributed by atoms with Crippen LogP contribution in [-0.2, 0) is 0 Å². The summed E-state index contributed by atoms with van der Waals surface area (Å²) >= 11 is 0. The van der Waals surface area contributed by atoms with Crippen molar-refractivity contribution >= 4 is 0 Å². The van der Waals surface area contributed by atoms with Crippen LogP contribution in [0.25, 0.3) is 0 Å². The van der Waals surface area contributed by atoms with E-state index in [1.165, 1.54) is 130 Å². The summed E-state index contributed by atoms with van der Waals surface area (Å²) in [6.45, 7) is 7.79. The van der Waals surface area contributed by atoms with Gasteiger partial charge in [0.2, 0.25) is 0 Å². The highest BCUT2D eigenvalue weighted by molar-refractivity contribution is 5.41. The normalized spacial score (nSPS) is 94.2. The lowest BCUT2D eigenvalue weighted by atomic mass is 9.06. The van der Waals surface area contributed by atoms with Crippen molar-refractivity contribution in [3.8, 4) is 0 Å². The summed E-state index contributed by atoms with van der Waals surface area (Å²) in [7, 11) is 0. The molecular weight excluding hydrogens is 348 g/mol. The molecule has 12 saturated carbocycles. The molecule has 0 N–H and O–H groups in total. The molecule has 0 nitrogen and oxygen atoms in total. The first-order valence-electron chi connectivity index (χ1n) is 14.2. The molecule has 0 aromatic heterocycles. The van der Waals surface area contributed by atoms with Gasteiger partial charge in [0.15, 0.2) is 0 Å². The largest absolute Gasteiger partial charge is 0.0622 e. The van der Waals surface area contributed by atoms with Gasteiger partial charge in [0.25, 0.3) is 0 Å². The molecule has 0 radical (unpaired) electrons. The molecule has 0 spiro atoms. The van der Waals surface area contributed by atoms with Crippen molar-refractivity contribution in [2.45, 2.75) is 27.2 Å². The van der Waals surface area contributed by atoms with Crippen molar-refractivity contribution < 1.29 is 0 Å². The van der Waals surface area contributed by atoms with Crippen molar-refractivity contribution in [3.05, 3.63) is 0 Å². The zero-order valence-corrected chi connectivity index (χ0v) is 18.1. The van der Waals surface area contributed by atoms with Gasteiger partial charge in [-0.2, -0.15) is 0 Å². The average Bonchev–Trinajstić information content (AvgIpc) is 2.65. The van der Waals surface area contributed by atoms with Gasteiger partial charge in [0, 0.05) is 0 Å². The van der Waals surface area contributed by atoms with Crippen LogP contribution in [0.2, 0.25) is 0 Å². The Bertz CT molecular complexity index is 944. The van der Waals surface area contributed by atoms with E-state index < -0.39 is 0 Å². The second-order valence-electron chi connectivity index (χ2n) is 15.7. The van der Waals surface area contributed by atoms with Gasteiger partial charge in [-0.05, 0) is 154 Å². The van der Waals surface area contributed by atoms with Crippen LogP contribution in [0.3, 0.4) is 0 Å². The summed E-state index contributed by atoms with van der Waals surface area (Å²) in [4.78, 5) is 0. The van der Waals surface area contributed by atoms with E-state index in [1.807, 2.05) is 0 Å². The highest BCUT2D eigenvalue weighted by Gasteiger charge is 2.94. The van der Waals surface area contributed by atoms with Crippen LogP contribution in [0.1, 0.15) is 27.2 Å². The average molecular weight is 385 g/mol. The monoisotopic (exact) mass is 384 g/mol. The maximum atomic E-state index is 2.60. The third-order valence-electron chi connectivity index (χ3n) is 17.2. The van der Waals surface area contributed by atoms with Gasteiger partial charge in [-0.1, -0.05) is 20.8 Å². The predicted octanol–water partition coefficient (Wildman–Crippen LogP) is 5.00. The van der Waals surface area contributed by atoms with E-state index in [-0.39, 0.29) is 0 Å². The van der Waals surface area contributed by atoms with Crippen LogP contribution in [0, 0.1) is 148 Å². The Labute approximate surface area is 175 Å². The van der Waals surface area contributed by atoms with Crippen molar-refractivity contribution in [2.75, 3.05) is 0 Å². The smallest absolute Gasteiger partial charge is 0.0312 e. The summed E-state index contributed by atoms with van der Waals surface area (Å²) < 4.78 is 0. The van der Waals surface area contributed by atoms with Gasteiger partial charge < -0.3 is 0 Å². The second-order valence-corrected chi connectivity index (χ2v) is 15.7. The van der Waals surface area contributed by atoms with Gasteiger partial charge in [0.05, 0.1) is 0 Å². The van der Waals surface area contributed by atoms with Crippen molar-refractivity contribution in [1.29, 1.82) is 0 Å². The number of hydrogen-bond acceptors (Lipinski definition) is 0. The zero-order valence-electron chi connectivity index (χ0n) is 18.1. The molecule has 12 aliphatic carbocycles. The van der Waals surface area contributed by atoms with E-state index in [0.29, 0.717) is 0 Å². The lowest BCUT2D eigenvalue weighted by molar-refractivity contribution is -0.519. The summed E-state index contributed by atoms with van der Waals surface area (Å²) in [5.41, 5.74) is 0. The predicted molar refractivity (Wildman–Crippen MR) is 109 cm³/mol. The number of fused-ring (bicyclic) bond motifs is 31. The highest BCUT2D eigenvalue weighted by atomic mass is 15.0. The molecule has 12 aliphatic rings. The maximum absolute atomic E-state index is 2.60. The van der Waals surface area contributed by atoms with Crippen LogP contribution in [0.5, 0.6) is 0 Å². The molecule has 152 valence electrons. The van der Waals surface area contributed by atoms with Crippen LogP contribution in [0.4, 0.5) is 0 Å². The molecule has 0 heterocycles. The summed E-state index contributed by atoms with van der Waals surface area (Å²) in [6.07, 6.45) is 1.63. The Balaban J connectivity index is 0.849. The van der Waals surface area contributed by atoms with Crippen LogP contribution in [-0.4, -0.2) is 0 Å². The Morgan fingerprint density at radius 1 is 0.310 bits per heavy atom. The standard InChI is InChI=1S/C29H36/c1-5-4-8-9(5)13-12(8)16-17(13)21-20(16)24-25(21)29-27-23-19-15-11-7(3)6(2)10(11)14(15)18(19)22(23)26(27)28(24)29/h5-29H,4H2,1-3H3/t5-,6-,7?,8+,9?,10-,11?,12+,13?,14-,15?,16+,17?,18-,19?,20+,21?,22-,23?,24+,25?,26-,27?,28-,29?/m0/s1. The van der Waals surface area contributed by atoms with Gasteiger partial charge >= 0.3 is 0 Å². The fraction of sp³-hybridized carbons (Fsp3) is 1.00. The molecular formula is C29H36. The molecule has 0 amide bonds. The summed E-state index contributed by atoms with van der Waals surface area (Å²) in [5, 5.41) is 0. The lowest BCUT2D eigenvalue weighted by Crippen LogP contribution is -2.95. The molecule has 0 aromatic carbocycles. The summed E-state index contributed by atoms with van der Waals surface area (Å²) in [5.74, 6) is 31.4. The van der Waals surface area contributed by atoms with E-state index in [4.69, 9.17) is 0 Å². The molecule has 25 atom stereocenters. The quantitative estimate of drug-likeness (QED) is 0.515. The minimum absolute atomic E-state index is 1.09. The molecule has 0 saturated heterocycles. The summed E-state index contributed by atoms with van der Waals surface area (Å²) in [6, 6.07) is 0. The van der Waals surface area contributed by atoms with Crippen LogP contribution >= 0.6 is 0 Å². The molecule has 29 heavy (non-hydrogen) atoms. The van der Waals surface area contributed by atoms with Gasteiger partial charge in [-0.3, -0.25) is 0 Å². The molecule has 12 unspecified atom stereocenters. The van der Waals surface area contributed by atoms with Crippen molar-refractivity contribution in [3.63, 3.8) is 0 Å². The minimum atomic E-state index is 1.09. The molecule has 12 fully saturated rings. The van der Waals surface area contributed by atoms with E-state index in [0.717, 1.165) is 17.8 Å². The minimum Gasteiger partial charge on any atom is -0.0622 e. The Morgan fingerprint density at radius 2 is 0.586 bits per heavy atom. The van der Waals surface area contributed by atoms with E-state index in [1.54, 1.807) is 6.42 Å². The first-order valence-corrected chi connectivity index (χ1v) is 14.2. The second kappa shape index (κ2) is 3.53. The Morgan fingerprint density at radius 3 is 0.931 bits per heavy atom. The van der Waals surface area contributed by atoms with Crippen LogP contribution in [0.15, 0.2) is 0 Å². The number of hydrogen-bond donors (Lipinski definition) is 0. The van der Waals surface area contributed by atoms with Gasteiger partial charge in [0.1, 0.15) is 0 Å². The maximum Gasteiger partial charge on any atom is -0.0312 e. The van der Waals surface area contributed by atoms with Gasteiger partial charge in [-0.25, -0.2) is 0 Å². The SMILES string of the molecule is CC1C2C3C4C5C6C7C8C9C%10C%11C%12[C@@H](C[C@@H]%12C)[C@H]%11[C@H]%10[C@H]9[C@H]8[C@H]7[C@H]6[C@H]5[C@H]4[C@H]3[C@H]2[C@H]1C. The zero-order chi connectivity index (χ0) is 18.1. The fourth-order valence-electron chi connectivity index (χ4n) is 17.0. The molecule has 12 rings (SSSR count). The Kier molecular flexibility index (Phi) is 1.73. The molecule has 0 bridgehead atoms. The van der Waals surface area contributed by atoms with E-state index in [9.17, 15) is 0 Å². The highest BCUT2D eigenvalue weighted by Crippen LogP contribution is 2.98. The first kappa shape index (κ1) is 14.2. The van der Waals surface area contributed by atoms with E-state index >= 15 is 0 Å². The third kappa shape index (κ3) is 0.913. The first-order chi connectivity index (χ1) is 14.2. The topological polar surface area (TPSA) is 0 Å². The fourth-order valence-corrected chi connectivity index (χ4v) is 17.0. The molecule has 0 aliphatic heterocycles. The van der Waals surface area contributed by atoms with Crippen molar-refractivity contribution in [2.24, 2.45) is 148 Å². The number of rotatable bonds is 0. The Hall–Kier alpha value is 0. The third-order valence-corrected chi connectivity index (χ3v) is 17.2. The van der Waals surface area contributed by atoms with Crippen molar-refractivity contribution in [1.82, 2.24) is 0 Å². The lowest BCUT2D eigenvalue weighted by Gasteiger charge is -2.98.